The topological polar surface area (TPSA) is 129 Å². The Morgan fingerprint density at radius 2 is 1.81 bits per heavy atom. The molecule has 170 valence electrons. The minimum Gasteiger partial charge on any atom is -0.423 e. The van der Waals surface area contributed by atoms with Gasteiger partial charge in [0.1, 0.15) is 17.6 Å². The van der Waals surface area contributed by atoms with Crippen molar-refractivity contribution in [1.29, 1.82) is 0 Å². The van der Waals surface area contributed by atoms with Crippen molar-refractivity contribution < 1.29 is 24.0 Å². The van der Waals surface area contributed by atoms with E-state index in [-0.39, 0.29) is 29.1 Å². The number of hydrogen-bond donors (Lipinski definition) is 4. The Labute approximate surface area is 185 Å². The van der Waals surface area contributed by atoms with Crippen LogP contribution in [-0.4, -0.2) is 49.8 Å². The van der Waals surface area contributed by atoms with Crippen LogP contribution in [0.5, 0.6) is 0 Å². The first kappa shape index (κ1) is 22.4. The lowest BCUT2D eigenvalue weighted by molar-refractivity contribution is -0.119. The molecule has 2 aliphatic rings. The molecule has 0 saturated heterocycles. The van der Waals surface area contributed by atoms with E-state index in [1.807, 2.05) is 13.8 Å². The Kier molecular flexibility index (Phi) is 6.30. The number of rotatable bonds is 9. The molecule has 0 radical (unpaired) electrons. The third-order valence-corrected chi connectivity index (χ3v) is 6.09. The number of aromatic nitrogens is 3. The highest BCUT2D eigenvalue weighted by Gasteiger charge is 2.48. The SMILES string of the molecule is CC(C)n1nccc1C(=O)NC(C(=O)Nc1ccc(B(O)O)c(F)n1)C(C1CC1)C1CC1. The van der Waals surface area contributed by atoms with Gasteiger partial charge >= 0.3 is 7.12 Å². The van der Waals surface area contributed by atoms with Crippen LogP contribution in [0.4, 0.5) is 10.2 Å². The van der Waals surface area contributed by atoms with E-state index in [0.717, 1.165) is 31.7 Å². The van der Waals surface area contributed by atoms with Crippen molar-refractivity contribution in [2.75, 3.05) is 5.32 Å². The molecule has 1 unspecified atom stereocenters. The molecule has 0 bridgehead atoms. The Bertz CT molecular complexity index is 994. The summed E-state index contributed by atoms with van der Waals surface area (Å²) in [7, 11) is -2.00. The van der Waals surface area contributed by atoms with Gasteiger partial charge in [-0.1, -0.05) is 6.07 Å². The molecule has 0 aliphatic heterocycles. The van der Waals surface area contributed by atoms with E-state index in [4.69, 9.17) is 10.0 Å². The summed E-state index contributed by atoms with van der Waals surface area (Å²) >= 11 is 0. The van der Waals surface area contributed by atoms with E-state index in [1.54, 1.807) is 16.9 Å². The van der Waals surface area contributed by atoms with Gasteiger partial charge in [-0.25, -0.2) is 4.98 Å². The summed E-state index contributed by atoms with van der Waals surface area (Å²) in [5, 5.41) is 28.0. The largest absolute Gasteiger partial charge is 0.493 e. The van der Waals surface area contributed by atoms with Gasteiger partial charge in [-0.05, 0) is 69.4 Å². The third-order valence-electron chi connectivity index (χ3n) is 6.09. The van der Waals surface area contributed by atoms with E-state index >= 15 is 0 Å². The fourth-order valence-corrected chi connectivity index (χ4v) is 4.26. The quantitative estimate of drug-likeness (QED) is 0.336. The molecular weight excluding hydrogens is 416 g/mol. The second-order valence-electron chi connectivity index (χ2n) is 8.90. The lowest BCUT2D eigenvalue weighted by Gasteiger charge is -2.27. The summed E-state index contributed by atoms with van der Waals surface area (Å²) in [4.78, 5) is 30.0. The molecule has 1 atom stereocenters. The zero-order chi connectivity index (χ0) is 23.0. The number of hydrogen-bond acceptors (Lipinski definition) is 6. The van der Waals surface area contributed by atoms with Crippen molar-refractivity contribution in [1.82, 2.24) is 20.1 Å². The Hall–Kier alpha value is -2.79. The van der Waals surface area contributed by atoms with E-state index in [0.29, 0.717) is 17.5 Å². The van der Waals surface area contributed by atoms with Crippen molar-refractivity contribution in [2.45, 2.75) is 51.6 Å². The van der Waals surface area contributed by atoms with Crippen molar-refractivity contribution >= 4 is 30.2 Å². The molecule has 11 heteroatoms. The summed E-state index contributed by atoms with van der Waals surface area (Å²) in [6, 6.07) is 3.24. The summed E-state index contributed by atoms with van der Waals surface area (Å²) in [6.45, 7) is 3.83. The molecule has 2 saturated carbocycles. The minimum absolute atomic E-state index is 0.00208. The van der Waals surface area contributed by atoms with Gasteiger partial charge in [0.2, 0.25) is 11.9 Å². The first-order valence-corrected chi connectivity index (χ1v) is 10.9. The molecule has 2 aromatic heterocycles. The molecule has 9 nitrogen and oxygen atoms in total. The van der Waals surface area contributed by atoms with Crippen LogP contribution in [0.25, 0.3) is 0 Å². The van der Waals surface area contributed by atoms with E-state index in [2.05, 4.69) is 20.7 Å². The second kappa shape index (κ2) is 8.99. The Balaban J connectivity index is 1.57. The number of anilines is 1. The highest BCUT2D eigenvalue weighted by Crippen LogP contribution is 2.50. The number of carbonyl (C=O) groups excluding carboxylic acids is 2. The molecule has 2 aliphatic carbocycles. The van der Waals surface area contributed by atoms with Crippen LogP contribution in [-0.2, 0) is 4.79 Å². The van der Waals surface area contributed by atoms with Gasteiger partial charge in [0, 0.05) is 17.7 Å². The summed E-state index contributed by atoms with van der Waals surface area (Å²) in [5.41, 5.74) is -0.0164. The molecule has 32 heavy (non-hydrogen) atoms. The van der Waals surface area contributed by atoms with E-state index in [9.17, 15) is 14.0 Å². The normalized spacial score (nSPS) is 16.8. The van der Waals surface area contributed by atoms with Gasteiger partial charge in [-0.3, -0.25) is 14.3 Å². The molecule has 2 heterocycles. The average Bonchev–Trinajstić information content (AvgIpc) is 3.66. The van der Waals surface area contributed by atoms with Crippen LogP contribution >= 0.6 is 0 Å². The summed E-state index contributed by atoms with van der Waals surface area (Å²) < 4.78 is 15.6. The van der Waals surface area contributed by atoms with Crippen molar-refractivity contribution in [3.8, 4) is 0 Å². The van der Waals surface area contributed by atoms with Gasteiger partial charge in [-0.2, -0.15) is 9.49 Å². The monoisotopic (exact) mass is 443 g/mol. The molecule has 4 rings (SSSR count). The van der Waals surface area contributed by atoms with Crippen molar-refractivity contribution in [2.24, 2.45) is 17.8 Å². The lowest BCUT2D eigenvalue weighted by atomic mass is 9.81. The van der Waals surface area contributed by atoms with Crippen LogP contribution in [0, 0.1) is 23.7 Å². The zero-order valence-corrected chi connectivity index (χ0v) is 18.0. The number of carbonyl (C=O) groups is 2. The third kappa shape index (κ3) is 4.83. The molecule has 2 amide bonds. The fraction of sp³-hybridized carbons (Fsp3) is 0.524. The molecule has 0 aromatic carbocycles. The molecule has 2 fully saturated rings. The number of amides is 2. The van der Waals surface area contributed by atoms with Crippen molar-refractivity contribution in [3.05, 3.63) is 36.0 Å². The number of halogens is 1. The number of pyridine rings is 1. The number of nitrogens with zero attached hydrogens (tertiary/aromatic N) is 3. The minimum atomic E-state index is -2.00. The Morgan fingerprint density at radius 3 is 2.34 bits per heavy atom. The Morgan fingerprint density at radius 1 is 1.16 bits per heavy atom. The van der Waals surface area contributed by atoms with Crippen LogP contribution in [0.1, 0.15) is 56.1 Å². The molecule has 2 aromatic rings. The average molecular weight is 443 g/mol. The van der Waals surface area contributed by atoms with Crippen molar-refractivity contribution in [3.63, 3.8) is 0 Å². The second-order valence-corrected chi connectivity index (χ2v) is 8.90. The van der Waals surface area contributed by atoms with E-state index in [1.165, 1.54) is 6.07 Å². The van der Waals surface area contributed by atoms with Gasteiger partial charge < -0.3 is 20.7 Å². The smallest absolute Gasteiger partial charge is 0.423 e. The van der Waals surface area contributed by atoms with Crippen LogP contribution in [0.3, 0.4) is 0 Å². The summed E-state index contributed by atoms with van der Waals surface area (Å²) in [5.74, 6) is -1.27. The van der Waals surface area contributed by atoms with Crippen LogP contribution < -0.4 is 16.1 Å². The van der Waals surface area contributed by atoms with Gasteiger partial charge in [0.05, 0.1) is 0 Å². The first-order valence-electron chi connectivity index (χ1n) is 10.9. The van der Waals surface area contributed by atoms with Crippen LogP contribution in [0.2, 0.25) is 0 Å². The maximum Gasteiger partial charge on any atom is 0.493 e. The highest BCUT2D eigenvalue weighted by atomic mass is 19.1. The standard InChI is InChI=1S/C21H27BFN5O4/c1-11(2)28-15(9-10-24-28)20(29)27-18(17(12-3-4-12)13-5-6-13)21(30)26-16-8-7-14(22(31)32)19(23)25-16/h7-13,17-18,31-32H,3-6H2,1-2H3,(H,27,29)(H,25,26,30). The van der Waals surface area contributed by atoms with Gasteiger partial charge in [0.15, 0.2) is 0 Å². The predicted molar refractivity (Wildman–Crippen MR) is 115 cm³/mol. The number of nitrogens with one attached hydrogen (secondary N) is 2. The highest BCUT2D eigenvalue weighted by molar-refractivity contribution is 6.58. The van der Waals surface area contributed by atoms with E-state index < -0.39 is 25.0 Å². The maximum atomic E-state index is 14.0. The molecular formula is C21H27BFN5O4. The zero-order valence-electron chi connectivity index (χ0n) is 18.0. The lowest BCUT2D eigenvalue weighted by Crippen LogP contribution is -2.50. The predicted octanol–water partition coefficient (Wildman–Crippen LogP) is 0.851. The fourth-order valence-electron chi connectivity index (χ4n) is 4.26. The maximum absolute atomic E-state index is 14.0. The van der Waals surface area contributed by atoms with Crippen LogP contribution in [0.15, 0.2) is 24.4 Å². The molecule has 0 spiro atoms. The summed E-state index contributed by atoms with van der Waals surface area (Å²) in [6.07, 6.45) is 5.61. The first-order chi connectivity index (χ1) is 15.3. The van der Waals surface area contributed by atoms with Gasteiger partial charge in [0.25, 0.3) is 5.91 Å². The molecule has 4 N–H and O–H groups in total. The van der Waals surface area contributed by atoms with Gasteiger partial charge in [-0.15, -0.1) is 0 Å².